The molecule has 0 saturated carbocycles. The van der Waals surface area contributed by atoms with Crippen LogP contribution >= 0.6 is 0 Å². The van der Waals surface area contributed by atoms with E-state index in [1.54, 1.807) is 0 Å². The van der Waals surface area contributed by atoms with Gasteiger partial charge in [-0.3, -0.25) is 0 Å². The van der Waals surface area contributed by atoms with Crippen LogP contribution in [0.5, 0.6) is 0 Å². The average Bonchev–Trinajstić information content (AvgIpc) is 2.02. The van der Waals surface area contributed by atoms with Crippen molar-refractivity contribution in [1.29, 1.82) is 0 Å². The summed E-state index contributed by atoms with van der Waals surface area (Å²) in [7, 11) is 0. The van der Waals surface area contributed by atoms with Crippen LogP contribution in [0.25, 0.3) is 0 Å². The first-order valence-electron chi connectivity index (χ1n) is 4.40. The maximum Gasteiger partial charge on any atom is -0.0292 e. The molecule has 0 aliphatic heterocycles. The number of hydrogen-bond acceptors (Lipinski definition) is 0. The zero-order valence-electron chi connectivity index (χ0n) is 8.28. The maximum atomic E-state index is 3.76. The topological polar surface area (TPSA) is 0 Å². The Bertz CT molecular complexity index is 151. The Hall–Kier alpha value is -0.520. The van der Waals surface area contributed by atoms with Crippen LogP contribution in [0.15, 0.2) is 23.8 Å². The molecule has 0 saturated heterocycles. The maximum absolute atomic E-state index is 3.76. The number of rotatable bonds is 4. The van der Waals surface area contributed by atoms with Crippen molar-refractivity contribution in [2.75, 3.05) is 0 Å². The molecule has 11 heavy (non-hydrogen) atoms. The highest BCUT2D eigenvalue weighted by atomic mass is 14.1. The summed E-state index contributed by atoms with van der Waals surface area (Å²) >= 11 is 0. The van der Waals surface area contributed by atoms with E-state index in [1.165, 1.54) is 24.0 Å². The van der Waals surface area contributed by atoms with E-state index >= 15 is 0 Å². The first-order valence-corrected chi connectivity index (χ1v) is 4.40. The predicted molar refractivity (Wildman–Crippen MR) is 52.6 cm³/mol. The molecule has 0 rings (SSSR count). The van der Waals surface area contributed by atoms with Gasteiger partial charge in [-0.2, -0.15) is 0 Å². The molecule has 0 aromatic heterocycles. The number of hydrogen-bond donors (Lipinski definition) is 0. The van der Waals surface area contributed by atoms with Gasteiger partial charge < -0.3 is 0 Å². The lowest BCUT2D eigenvalue weighted by Crippen LogP contribution is -1.93. The molecule has 1 unspecified atom stereocenters. The fourth-order valence-corrected chi connectivity index (χ4v) is 1.00. The van der Waals surface area contributed by atoms with Crippen molar-refractivity contribution in [1.82, 2.24) is 0 Å². The first-order chi connectivity index (χ1) is 5.11. The van der Waals surface area contributed by atoms with E-state index in [0.717, 1.165) is 5.92 Å². The molecule has 64 valence electrons. The predicted octanol–water partition coefficient (Wildman–Crippen LogP) is 3.95. The van der Waals surface area contributed by atoms with Crippen LogP contribution in [0, 0.1) is 5.92 Å². The zero-order chi connectivity index (χ0) is 8.85. The van der Waals surface area contributed by atoms with E-state index in [-0.39, 0.29) is 0 Å². The third-order valence-corrected chi connectivity index (χ3v) is 2.33. The van der Waals surface area contributed by atoms with Crippen LogP contribution in [-0.4, -0.2) is 0 Å². The lowest BCUT2D eigenvalue weighted by Gasteiger charge is -2.09. The molecule has 0 heterocycles. The molecule has 0 aliphatic rings. The standard InChI is InChI=1S/C11H20/c1-6-9(3)8-11(5)10(4)7-2/h7,9H,2,6,8H2,1,3-5H3. The molecule has 0 aliphatic carbocycles. The van der Waals surface area contributed by atoms with E-state index in [1.807, 2.05) is 6.08 Å². The van der Waals surface area contributed by atoms with Crippen LogP contribution in [0.2, 0.25) is 0 Å². The van der Waals surface area contributed by atoms with Gasteiger partial charge in [0.15, 0.2) is 0 Å². The Morgan fingerprint density at radius 1 is 1.45 bits per heavy atom. The molecule has 0 nitrogen and oxygen atoms in total. The highest BCUT2D eigenvalue weighted by molar-refractivity contribution is 5.20. The molecule has 1 atom stereocenters. The Kier molecular flexibility index (Phi) is 4.93. The van der Waals surface area contributed by atoms with Crippen molar-refractivity contribution < 1.29 is 0 Å². The fourth-order valence-electron chi connectivity index (χ4n) is 1.00. The monoisotopic (exact) mass is 152 g/mol. The molecule has 0 amide bonds. The summed E-state index contributed by atoms with van der Waals surface area (Å²) in [5, 5.41) is 0. The summed E-state index contributed by atoms with van der Waals surface area (Å²) in [6.45, 7) is 12.6. The minimum absolute atomic E-state index is 0.810. The van der Waals surface area contributed by atoms with Gasteiger partial charge in [0.25, 0.3) is 0 Å². The molecule has 0 aromatic carbocycles. The zero-order valence-corrected chi connectivity index (χ0v) is 8.28. The molecule has 0 fully saturated rings. The van der Waals surface area contributed by atoms with Crippen molar-refractivity contribution in [2.24, 2.45) is 5.92 Å². The van der Waals surface area contributed by atoms with Crippen LogP contribution in [0.1, 0.15) is 40.5 Å². The fraction of sp³-hybridized carbons (Fsp3) is 0.636. The van der Waals surface area contributed by atoms with Gasteiger partial charge >= 0.3 is 0 Å². The molecule has 0 bridgehead atoms. The molecular weight excluding hydrogens is 132 g/mol. The van der Waals surface area contributed by atoms with Gasteiger partial charge in [0.05, 0.1) is 0 Å². The van der Waals surface area contributed by atoms with E-state index in [4.69, 9.17) is 0 Å². The molecule has 0 spiro atoms. The van der Waals surface area contributed by atoms with Crippen molar-refractivity contribution in [2.45, 2.75) is 40.5 Å². The Morgan fingerprint density at radius 3 is 2.36 bits per heavy atom. The summed E-state index contributed by atoms with van der Waals surface area (Å²) in [6, 6.07) is 0. The normalized spacial score (nSPS) is 15.6. The van der Waals surface area contributed by atoms with Crippen molar-refractivity contribution >= 4 is 0 Å². The minimum Gasteiger partial charge on any atom is -0.0988 e. The van der Waals surface area contributed by atoms with E-state index in [2.05, 4.69) is 34.3 Å². The summed E-state index contributed by atoms with van der Waals surface area (Å²) in [5.74, 6) is 0.810. The van der Waals surface area contributed by atoms with Gasteiger partial charge in [0.2, 0.25) is 0 Å². The van der Waals surface area contributed by atoms with Gasteiger partial charge in [-0.15, -0.1) is 0 Å². The van der Waals surface area contributed by atoms with Gasteiger partial charge in [0, 0.05) is 0 Å². The largest absolute Gasteiger partial charge is 0.0988 e. The first kappa shape index (κ1) is 10.5. The molecule has 0 heteroatoms. The molecule has 0 N–H and O–H groups in total. The van der Waals surface area contributed by atoms with Crippen molar-refractivity contribution in [3.63, 3.8) is 0 Å². The third-order valence-electron chi connectivity index (χ3n) is 2.33. The second-order valence-electron chi connectivity index (χ2n) is 3.39. The van der Waals surface area contributed by atoms with Crippen molar-refractivity contribution in [3.05, 3.63) is 23.8 Å². The molecule has 0 aromatic rings. The Labute approximate surface area is 71.0 Å². The third kappa shape index (κ3) is 4.02. The van der Waals surface area contributed by atoms with Gasteiger partial charge in [0.1, 0.15) is 0 Å². The van der Waals surface area contributed by atoms with Crippen LogP contribution in [0.3, 0.4) is 0 Å². The van der Waals surface area contributed by atoms with E-state index in [9.17, 15) is 0 Å². The summed E-state index contributed by atoms with van der Waals surface area (Å²) in [5.41, 5.74) is 2.82. The van der Waals surface area contributed by atoms with Crippen molar-refractivity contribution in [3.8, 4) is 0 Å². The van der Waals surface area contributed by atoms with Crippen LogP contribution < -0.4 is 0 Å². The van der Waals surface area contributed by atoms with E-state index in [0.29, 0.717) is 0 Å². The van der Waals surface area contributed by atoms with E-state index < -0.39 is 0 Å². The second-order valence-corrected chi connectivity index (χ2v) is 3.39. The minimum atomic E-state index is 0.810. The SMILES string of the molecule is C=CC(C)=C(C)CC(C)CC. The lowest BCUT2D eigenvalue weighted by molar-refractivity contribution is 0.555. The quantitative estimate of drug-likeness (QED) is 0.535. The molecule has 0 radical (unpaired) electrons. The van der Waals surface area contributed by atoms with Gasteiger partial charge in [-0.1, -0.05) is 44.1 Å². The highest BCUT2D eigenvalue weighted by Crippen LogP contribution is 2.17. The number of allylic oxidation sites excluding steroid dienone is 3. The summed E-state index contributed by atoms with van der Waals surface area (Å²) in [4.78, 5) is 0. The van der Waals surface area contributed by atoms with Gasteiger partial charge in [-0.05, 0) is 26.2 Å². The highest BCUT2D eigenvalue weighted by Gasteiger charge is 2.00. The Balaban J connectivity index is 4.04. The molecular formula is C11H20. The van der Waals surface area contributed by atoms with Crippen LogP contribution in [0.4, 0.5) is 0 Å². The average molecular weight is 152 g/mol. The smallest absolute Gasteiger partial charge is 0.0292 e. The summed E-state index contributed by atoms with van der Waals surface area (Å²) in [6.07, 6.45) is 4.42. The summed E-state index contributed by atoms with van der Waals surface area (Å²) < 4.78 is 0. The Morgan fingerprint density at radius 2 is 2.00 bits per heavy atom. The van der Waals surface area contributed by atoms with Crippen LogP contribution in [-0.2, 0) is 0 Å². The van der Waals surface area contributed by atoms with Gasteiger partial charge in [-0.25, -0.2) is 0 Å². The lowest BCUT2D eigenvalue weighted by atomic mass is 9.97. The second kappa shape index (κ2) is 5.17.